The quantitative estimate of drug-likeness (QED) is 0.706. The predicted molar refractivity (Wildman–Crippen MR) is 108 cm³/mol. The average Bonchev–Trinajstić information content (AvgIpc) is 2.86. The summed E-state index contributed by atoms with van der Waals surface area (Å²) in [5, 5.41) is 2.97. The van der Waals surface area contributed by atoms with Gasteiger partial charge in [0.2, 0.25) is 0 Å². The van der Waals surface area contributed by atoms with E-state index < -0.39 is 28.0 Å². The Morgan fingerprint density at radius 3 is 2.50 bits per heavy atom. The number of hydrogen-bond donors (Lipinski definition) is 2. The van der Waals surface area contributed by atoms with Crippen LogP contribution in [0.4, 0.5) is 0 Å². The van der Waals surface area contributed by atoms with Crippen molar-refractivity contribution < 1.29 is 18.0 Å². The van der Waals surface area contributed by atoms with Crippen LogP contribution in [0.15, 0.2) is 29.2 Å². The standard InChI is InChI=1S/C20H31N3O4S/c1-4-15-7-9-16(10-8-15)28(26,27)23(20(25)17(21)12-14(2)3)18-6-5-11-22-13-19(18)24/h7-10,14,17-18,22H,4-6,11-13,21H2,1-3H3/t17-,18?/m0/s1. The Balaban J connectivity index is 2.48. The smallest absolute Gasteiger partial charge is 0.267 e. The van der Waals surface area contributed by atoms with Crippen LogP contribution >= 0.6 is 0 Å². The van der Waals surface area contributed by atoms with Crippen LogP contribution in [0.5, 0.6) is 0 Å². The zero-order valence-corrected chi connectivity index (χ0v) is 17.7. The highest BCUT2D eigenvalue weighted by Crippen LogP contribution is 2.24. The molecule has 0 aromatic heterocycles. The SMILES string of the molecule is CCc1ccc(S(=O)(=O)N(C(=O)[C@@H](N)CC(C)C)C2CCCNCC2=O)cc1. The number of Topliss-reactive ketones (excluding diaryl/α,β-unsaturated/α-hetero) is 1. The van der Waals surface area contributed by atoms with Crippen LogP contribution in [-0.2, 0) is 26.0 Å². The highest BCUT2D eigenvalue weighted by Gasteiger charge is 2.41. The van der Waals surface area contributed by atoms with Gasteiger partial charge < -0.3 is 11.1 Å². The third-order valence-corrected chi connectivity index (χ3v) is 6.75. The lowest BCUT2D eigenvalue weighted by Gasteiger charge is -2.31. The highest BCUT2D eigenvalue weighted by molar-refractivity contribution is 7.89. The van der Waals surface area contributed by atoms with Gasteiger partial charge in [0.05, 0.1) is 17.5 Å². The maximum Gasteiger partial charge on any atom is 0.267 e. The maximum atomic E-state index is 13.4. The molecule has 0 saturated carbocycles. The highest BCUT2D eigenvalue weighted by atomic mass is 32.2. The van der Waals surface area contributed by atoms with E-state index in [0.717, 1.165) is 16.3 Å². The number of nitrogens with one attached hydrogen (secondary N) is 1. The van der Waals surface area contributed by atoms with Crippen LogP contribution in [0, 0.1) is 5.92 Å². The second-order valence-electron chi connectivity index (χ2n) is 7.67. The van der Waals surface area contributed by atoms with Gasteiger partial charge in [0.25, 0.3) is 15.9 Å². The van der Waals surface area contributed by atoms with Crippen molar-refractivity contribution in [2.45, 2.75) is 63.4 Å². The fourth-order valence-electron chi connectivity index (χ4n) is 3.38. The lowest BCUT2D eigenvalue weighted by atomic mass is 10.0. The summed E-state index contributed by atoms with van der Waals surface area (Å²) < 4.78 is 27.6. The van der Waals surface area contributed by atoms with E-state index in [-0.39, 0.29) is 29.6 Å². The Bertz CT molecular complexity index is 790. The van der Waals surface area contributed by atoms with Crippen LogP contribution in [-0.4, -0.2) is 49.6 Å². The molecule has 3 N–H and O–H groups in total. The molecular weight excluding hydrogens is 378 g/mol. The summed E-state index contributed by atoms with van der Waals surface area (Å²) in [7, 11) is -4.20. The molecular formula is C20H31N3O4S. The van der Waals surface area contributed by atoms with Crippen molar-refractivity contribution in [3.8, 4) is 0 Å². The molecule has 156 valence electrons. The van der Waals surface area contributed by atoms with E-state index in [2.05, 4.69) is 5.32 Å². The first-order valence-electron chi connectivity index (χ1n) is 9.84. The van der Waals surface area contributed by atoms with E-state index in [1.807, 2.05) is 20.8 Å². The van der Waals surface area contributed by atoms with Crippen molar-refractivity contribution in [3.05, 3.63) is 29.8 Å². The molecule has 1 aliphatic rings. The Labute approximate surface area is 167 Å². The third kappa shape index (κ3) is 5.18. The van der Waals surface area contributed by atoms with Gasteiger partial charge in [0.1, 0.15) is 6.04 Å². The summed E-state index contributed by atoms with van der Waals surface area (Å²) >= 11 is 0. The minimum Gasteiger partial charge on any atom is -0.320 e. The molecule has 1 aromatic rings. The van der Waals surface area contributed by atoms with Crippen molar-refractivity contribution in [2.24, 2.45) is 11.7 Å². The average molecular weight is 410 g/mol. The fourth-order valence-corrected chi connectivity index (χ4v) is 5.02. The first kappa shape index (κ1) is 22.5. The molecule has 0 bridgehead atoms. The van der Waals surface area contributed by atoms with E-state index >= 15 is 0 Å². The van der Waals surface area contributed by atoms with Gasteiger partial charge in [0, 0.05) is 0 Å². The molecule has 1 aliphatic heterocycles. The summed E-state index contributed by atoms with van der Waals surface area (Å²) in [5.41, 5.74) is 7.04. The molecule has 1 fully saturated rings. The van der Waals surface area contributed by atoms with E-state index in [0.29, 0.717) is 19.4 Å². The van der Waals surface area contributed by atoms with Crippen LogP contribution in [0.1, 0.15) is 45.6 Å². The molecule has 28 heavy (non-hydrogen) atoms. The van der Waals surface area contributed by atoms with Gasteiger partial charge in [-0.2, -0.15) is 0 Å². The molecule has 7 nitrogen and oxygen atoms in total. The first-order valence-corrected chi connectivity index (χ1v) is 11.3. The normalized spacial score (nSPS) is 19.3. The van der Waals surface area contributed by atoms with Gasteiger partial charge >= 0.3 is 0 Å². The lowest BCUT2D eigenvalue weighted by molar-refractivity contribution is -0.135. The summed E-state index contributed by atoms with van der Waals surface area (Å²) in [6.45, 7) is 6.44. The van der Waals surface area contributed by atoms with Gasteiger partial charge in [-0.25, -0.2) is 12.7 Å². The predicted octanol–water partition coefficient (Wildman–Crippen LogP) is 1.46. The number of benzene rings is 1. The number of nitrogens with two attached hydrogens (primary N) is 1. The van der Waals surface area contributed by atoms with Gasteiger partial charge in [-0.1, -0.05) is 32.9 Å². The molecule has 2 atom stereocenters. The zero-order valence-electron chi connectivity index (χ0n) is 16.8. The van der Waals surface area contributed by atoms with E-state index in [9.17, 15) is 18.0 Å². The maximum absolute atomic E-state index is 13.4. The number of carbonyl (C=O) groups excluding carboxylic acids is 2. The number of ketones is 1. The number of aryl methyl sites for hydroxylation is 1. The number of nitrogens with zero attached hydrogens (tertiary/aromatic N) is 1. The number of rotatable bonds is 7. The summed E-state index contributed by atoms with van der Waals surface area (Å²) in [6.07, 6.45) is 2.01. The molecule has 0 spiro atoms. The number of hydrogen-bond acceptors (Lipinski definition) is 6. The van der Waals surface area contributed by atoms with Crippen LogP contribution in [0.25, 0.3) is 0 Å². The summed E-state index contributed by atoms with van der Waals surface area (Å²) in [5.74, 6) is -0.899. The van der Waals surface area contributed by atoms with Gasteiger partial charge in [-0.3, -0.25) is 9.59 Å². The minimum absolute atomic E-state index is 0.000182. The van der Waals surface area contributed by atoms with Gasteiger partial charge in [-0.05, 0) is 55.8 Å². The first-order chi connectivity index (χ1) is 13.2. The van der Waals surface area contributed by atoms with E-state index in [1.54, 1.807) is 12.1 Å². The molecule has 1 saturated heterocycles. The van der Waals surface area contributed by atoms with Crippen molar-refractivity contribution in [1.82, 2.24) is 9.62 Å². The lowest BCUT2D eigenvalue weighted by Crippen LogP contribution is -2.54. The van der Waals surface area contributed by atoms with Crippen LogP contribution < -0.4 is 11.1 Å². The molecule has 0 aliphatic carbocycles. The van der Waals surface area contributed by atoms with Crippen molar-refractivity contribution in [3.63, 3.8) is 0 Å². The van der Waals surface area contributed by atoms with Crippen molar-refractivity contribution >= 4 is 21.7 Å². The minimum atomic E-state index is -4.20. The second kappa shape index (κ2) is 9.62. The molecule has 0 radical (unpaired) electrons. The Morgan fingerprint density at radius 1 is 1.29 bits per heavy atom. The summed E-state index contributed by atoms with van der Waals surface area (Å²) in [6, 6.07) is 4.41. The molecule has 8 heteroatoms. The largest absolute Gasteiger partial charge is 0.320 e. The monoisotopic (exact) mass is 409 g/mol. The Kier molecular flexibility index (Phi) is 7.74. The Morgan fingerprint density at radius 2 is 1.93 bits per heavy atom. The zero-order chi connectivity index (χ0) is 20.9. The van der Waals surface area contributed by atoms with Crippen molar-refractivity contribution in [1.29, 1.82) is 0 Å². The van der Waals surface area contributed by atoms with Crippen LogP contribution in [0.3, 0.4) is 0 Å². The topological polar surface area (TPSA) is 110 Å². The second-order valence-corrected chi connectivity index (χ2v) is 9.49. The van der Waals surface area contributed by atoms with E-state index in [4.69, 9.17) is 5.73 Å². The molecule has 1 aromatic carbocycles. The van der Waals surface area contributed by atoms with Gasteiger partial charge in [0.15, 0.2) is 5.78 Å². The number of carbonyl (C=O) groups is 2. The molecule has 2 rings (SSSR count). The number of sulfonamides is 1. The molecule has 1 unspecified atom stereocenters. The molecule has 1 heterocycles. The van der Waals surface area contributed by atoms with Crippen molar-refractivity contribution in [2.75, 3.05) is 13.1 Å². The third-order valence-electron chi connectivity index (χ3n) is 4.93. The Hall–Kier alpha value is -1.77. The number of amides is 1. The fraction of sp³-hybridized carbons (Fsp3) is 0.600. The van der Waals surface area contributed by atoms with E-state index in [1.165, 1.54) is 12.1 Å². The molecule has 1 amide bonds. The summed E-state index contributed by atoms with van der Waals surface area (Å²) in [4.78, 5) is 25.7. The van der Waals surface area contributed by atoms with Gasteiger partial charge in [-0.15, -0.1) is 0 Å². The van der Waals surface area contributed by atoms with Crippen LogP contribution in [0.2, 0.25) is 0 Å².